The molecule has 0 spiro atoms. The van der Waals surface area contributed by atoms with E-state index in [1.165, 1.54) is 6.07 Å². The lowest BCUT2D eigenvalue weighted by Gasteiger charge is -2.32. The van der Waals surface area contributed by atoms with Crippen molar-refractivity contribution in [2.75, 3.05) is 13.1 Å². The number of likely N-dealkylation sites (tertiary alicyclic amines) is 1. The summed E-state index contributed by atoms with van der Waals surface area (Å²) in [7, 11) is 0. The van der Waals surface area contributed by atoms with E-state index in [1.54, 1.807) is 35.9 Å². The Labute approximate surface area is 145 Å². The molecular weight excluding hydrogens is 320 g/mol. The average Bonchev–Trinajstić information content (AvgIpc) is 2.60. The molecule has 1 fully saturated rings. The van der Waals surface area contributed by atoms with E-state index in [9.17, 15) is 14.4 Å². The minimum absolute atomic E-state index is 0.0595. The molecule has 1 aliphatic heterocycles. The van der Waals surface area contributed by atoms with Gasteiger partial charge < -0.3 is 14.5 Å². The van der Waals surface area contributed by atoms with Gasteiger partial charge in [0.1, 0.15) is 5.82 Å². The third-order valence-electron chi connectivity index (χ3n) is 4.61. The largest absolute Gasteiger partial charge is 0.343 e. The van der Waals surface area contributed by atoms with Crippen LogP contribution in [0.25, 0.3) is 0 Å². The van der Waals surface area contributed by atoms with Gasteiger partial charge in [0.15, 0.2) is 0 Å². The van der Waals surface area contributed by atoms with Gasteiger partial charge in [0.25, 0.3) is 11.1 Å². The standard InChI is InChI=1S/C18H22N4O3/c1-13-19-15(12-16(23)20-13)14-5-9-22(10-6-14)18(25)7-11-21-8-3-2-4-17(21)24/h2-4,8,12,14H,5-7,9-11H2,1H3,(H,19,20,23). The summed E-state index contributed by atoms with van der Waals surface area (Å²) in [6, 6.07) is 6.52. The molecule has 0 unspecified atom stereocenters. The number of hydrogen-bond donors (Lipinski definition) is 1. The van der Waals surface area contributed by atoms with E-state index in [0.29, 0.717) is 31.9 Å². The lowest BCUT2D eigenvalue weighted by atomic mass is 9.93. The highest BCUT2D eigenvalue weighted by molar-refractivity contribution is 5.76. The molecule has 0 radical (unpaired) electrons. The number of carbonyl (C=O) groups is 1. The van der Waals surface area contributed by atoms with Crippen LogP contribution in [0.2, 0.25) is 0 Å². The van der Waals surface area contributed by atoms with Crippen molar-refractivity contribution in [2.45, 2.75) is 38.6 Å². The molecule has 0 saturated carbocycles. The Morgan fingerprint density at radius 3 is 2.72 bits per heavy atom. The second kappa shape index (κ2) is 7.46. The predicted octanol–water partition coefficient (Wildman–Crippen LogP) is 1.04. The molecule has 1 aliphatic rings. The first-order valence-corrected chi connectivity index (χ1v) is 8.54. The number of rotatable bonds is 4. The zero-order valence-corrected chi connectivity index (χ0v) is 14.3. The summed E-state index contributed by atoms with van der Waals surface area (Å²) in [5.74, 6) is 0.889. The van der Waals surface area contributed by atoms with Crippen LogP contribution in [0.3, 0.4) is 0 Å². The van der Waals surface area contributed by atoms with E-state index in [-0.39, 0.29) is 22.9 Å². The van der Waals surface area contributed by atoms with Gasteiger partial charge in [0.05, 0.1) is 5.69 Å². The van der Waals surface area contributed by atoms with Crippen molar-refractivity contribution in [1.29, 1.82) is 0 Å². The van der Waals surface area contributed by atoms with E-state index < -0.39 is 0 Å². The number of amides is 1. The third-order valence-corrected chi connectivity index (χ3v) is 4.61. The molecule has 7 heteroatoms. The minimum Gasteiger partial charge on any atom is -0.343 e. The van der Waals surface area contributed by atoms with Crippen molar-refractivity contribution in [3.05, 3.63) is 62.7 Å². The molecule has 0 aromatic carbocycles. The summed E-state index contributed by atoms with van der Waals surface area (Å²) in [5.41, 5.74) is 0.586. The fraction of sp³-hybridized carbons (Fsp3) is 0.444. The fourth-order valence-corrected chi connectivity index (χ4v) is 3.26. The molecule has 25 heavy (non-hydrogen) atoms. The highest BCUT2D eigenvalue weighted by Gasteiger charge is 2.24. The van der Waals surface area contributed by atoms with Crippen LogP contribution in [-0.4, -0.2) is 38.4 Å². The summed E-state index contributed by atoms with van der Waals surface area (Å²) in [5, 5.41) is 0. The van der Waals surface area contributed by atoms with Gasteiger partial charge in [0.2, 0.25) is 5.91 Å². The van der Waals surface area contributed by atoms with Crippen LogP contribution in [0.15, 0.2) is 40.1 Å². The van der Waals surface area contributed by atoms with Crippen molar-refractivity contribution in [3.8, 4) is 0 Å². The topological polar surface area (TPSA) is 88.1 Å². The van der Waals surface area contributed by atoms with Gasteiger partial charge >= 0.3 is 0 Å². The molecule has 1 saturated heterocycles. The molecular formula is C18H22N4O3. The maximum absolute atomic E-state index is 12.4. The average molecular weight is 342 g/mol. The molecule has 1 N–H and O–H groups in total. The SMILES string of the molecule is Cc1nc(C2CCN(C(=O)CCn3ccccc3=O)CC2)cc(=O)[nH]1. The number of nitrogens with one attached hydrogen (secondary N) is 1. The van der Waals surface area contributed by atoms with E-state index in [0.717, 1.165) is 18.5 Å². The molecule has 3 rings (SSSR count). The second-order valence-electron chi connectivity index (χ2n) is 6.39. The van der Waals surface area contributed by atoms with Crippen LogP contribution in [0.5, 0.6) is 0 Å². The van der Waals surface area contributed by atoms with E-state index >= 15 is 0 Å². The molecule has 3 heterocycles. The Kier molecular flexibility index (Phi) is 5.11. The van der Waals surface area contributed by atoms with Gasteiger partial charge in [0, 0.05) is 50.3 Å². The maximum Gasteiger partial charge on any atom is 0.251 e. The highest BCUT2D eigenvalue weighted by atomic mass is 16.2. The van der Waals surface area contributed by atoms with Gasteiger partial charge in [-0.3, -0.25) is 14.4 Å². The maximum atomic E-state index is 12.4. The Bertz CT molecular complexity index is 863. The van der Waals surface area contributed by atoms with Crippen molar-refractivity contribution in [1.82, 2.24) is 19.4 Å². The molecule has 0 aliphatic carbocycles. The Balaban J connectivity index is 1.55. The molecule has 132 valence electrons. The molecule has 0 atom stereocenters. The van der Waals surface area contributed by atoms with Gasteiger partial charge in [-0.15, -0.1) is 0 Å². The van der Waals surface area contributed by atoms with Crippen LogP contribution >= 0.6 is 0 Å². The number of piperidine rings is 1. The minimum atomic E-state index is -0.130. The van der Waals surface area contributed by atoms with Gasteiger partial charge in [-0.1, -0.05) is 6.07 Å². The summed E-state index contributed by atoms with van der Waals surface area (Å²) < 4.78 is 1.55. The van der Waals surface area contributed by atoms with Crippen LogP contribution in [0.4, 0.5) is 0 Å². The number of nitrogens with zero attached hydrogens (tertiary/aromatic N) is 3. The quantitative estimate of drug-likeness (QED) is 0.899. The lowest BCUT2D eigenvalue weighted by molar-refractivity contribution is -0.132. The number of hydrogen-bond acceptors (Lipinski definition) is 4. The predicted molar refractivity (Wildman–Crippen MR) is 93.5 cm³/mol. The van der Waals surface area contributed by atoms with Gasteiger partial charge in [-0.25, -0.2) is 4.98 Å². The van der Waals surface area contributed by atoms with Crippen LogP contribution in [0.1, 0.15) is 36.7 Å². The van der Waals surface area contributed by atoms with E-state index in [4.69, 9.17) is 0 Å². The third kappa shape index (κ3) is 4.23. The summed E-state index contributed by atoms with van der Waals surface area (Å²) in [4.78, 5) is 44.5. The molecule has 2 aromatic heterocycles. The number of aryl methyl sites for hydroxylation is 2. The van der Waals surface area contributed by atoms with Gasteiger partial charge in [-0.05, 0) is 25.8 Å². The zero-order chi connectivity index (χ0) is 17.8. The Morgan fingerprint density at radius 2 is 2.04 bits per heavy atom. The van der Waals surface area contributed by atoms with Crippen molar-refractivity contribution < 1.29 is 4.79 Å². The van der Waals surface area contributed by atoms with Crippen LogP contribution in [0, 0.1) is 6.92 Å². The smallest absolute Gasteiger partial charge is 0.251 e. The fourth-order valence-electron chi connectivity index (χ4n) is 3.26. The first kappa shape index (κ1) is 17.1. The molecule has 2 aromatic rings. The van der Waals surface area contributed by atoms with Crippen molar-refractivity contribution in [3.63, 3.8) is 0 Å². The van der Waals surface area contributed by atoms with E-state index in [2.05, 4.69) is 9.97 Å². The summed E-state index contributed by atoms with van der Waals surface area (Å²) in [6.07, 6.45) is 3.61. The Hall–Kier alpha value is -2.70. The Morgan fingerprint density at radius 1 is 1.28 bits per heavy atom. The van der Waals surface area contributed by atoms with Gasteiger partial charge in [-0.2, -0.15) is 0 Å². The number of aromatic nitrogens is 3. The number of carbonyl (C=O) groups excluding carboxylic acids is 1. The van der Waals surface area contributed by atoms with Crippen molar-refractivity contribution >= 4 is 5.91 Å². The normalized spacial score (nSPS) is 15.3. The summed E-state index contributed by atoms with van der Waals surface area (Å²) in [6.45, 7) is 3.48. The lowest BCUT2D eigenvalue weighted by Crippen LogP contribution is -2.39. The molecule has 0 bridgehead atoms. The monoisotopic (exact) mass is 342 g/mol. The summed E-state index contributed by atoms with van der Waals surface area (Å²) >= 11 is 0. The molecule has 1 amide bonds. The highest BCUT2D eigenvalue weighted by Crippen LogP contribution is 2.26. The number of pyridine rings is 1. The zero-order valence-electron chi connectivity index (χ0n) is 14.3. The second-order valence-corrected chi connectivity index (χ2v) is 6.39. The first-order chi connectivity index (χ1) is 12.0. The van der Waals surface area contributed by atoms with Crippen LogP contribution < -0.4 is 11.1 Å². The molecule has 7 nitrogen and oxygen atoms in total. The number of H-pyrrole nitrogens is 1. The first-order valence-electron chi connectivity index (χ1n) is 8.54. The number of aromatic amines is 1. The van der Waals surface area contributed by atoms with Crippen molar-refractivity contribution in [2.24, 2.45) is 0 Å². The van der Waals surface area contributed by atoms with Crippen LogP contribution in [-0.2, 0) is 11.3 Å². The van der Waals surface area contributed by atoms with E-state index in [1.807, 2.05) is 4.90 Å².